The van der Waals surface area contributed by atoms with Gasteiger partial charge in [0, 0.05) is 46.9 Å². The molecule has 0 radical (unpaired) electrons. The van der Waals surface area contributed by atoms with E-state index in [2.05, 4.69) is 11.8 Å². The molecule has 4 aromatic rings. The Morgan fingerprint density at radius 2 is 1.91 bits per heavy atom. The number of anilines is 1. The Kier molecular flexibility index (Phi) is 8.09. The zero-order valence-electron chi connectivity index (χ0n) is 23.8. The monoisotopic (exact) mass is 614 g/mol. The highest BCUT2D eigenvalue weighted by Crippen LogP contribution is 2.37. The molecule has 2 aliphatic rings. The van der Waals surface area contributed by atoms with Crippen LogP contribution in [0.5, 0.6) is 0 Å². The van der Waals surface area contributed by atoms with Gasteiger partial charge in [0.15, 0.2) is 4.80 Å². The summed E-state index contributed by atoms with van der Waals surface area (Å²) in [7, 11) is 0. The number of rotatable bonds is 7. The highest BCUT2D eigenvalue weighted by molar-refractivity contribution is 7.10. The van der Waals surface area contributed by atoms with Crippen molar-refractivity contribution in [3.05, 3.63) is 117 Å². The lowest BCUT2D eigenvalue weighted by molar-refractivity contribution is -0.384. The van der Waals surface area contributed by atoms with Crippen molar-refractivity contribution in [2.24, 2.45) is 10.9 Å². The topological polar surface area (TPSA) is 107 Å². The number of nitro benzene ring substituents is 1. The molecular formula is C32H30N4O5S2. The smallest absolute Gasteiger partial charge is 0.338 e. The van der Waals surface area contributed by atoms with Gasteiger partial charge in [-0.15, -0.1) is 11.3 Å². The van der Waals surface area contributed by atoms with E-state index in [0.29, 0.717) is 32.1 Å². The molecule has 9 nitrogen and oxygen atoms in total. The fourth-order valence-electron chi connectivity index (χ4n) is 5.61. The molecule has 220 valence electrons. The minimum atomic E-state index is -0.735. The van der Waals surface area contributed by atoms with Crippen molar-refractivity contribution in [3.8, 4) is 0 Å². The van der Waals surface area contributed by atoms with E-state index >= 15 is 0 Å². The van der Waals surface area contributed by atoms with E-state index in [4.69, 9.17) is 9.73 Å². The minimum absolute atomic E-state index is 0.0411. The lowest BCUT2D eigenvalue weighted by Gasteiger charge is -2.33. The van der Waals surface area contributed by atoms with Gasteiger partial charge in [-0.2, -0.15) is 0 Å². The van der Waals surface area contributed by atoms with Gasteiger partial charge in [-0.1, -0.05) is 54.7 Å². The van der Waals surface area contributed by atoms with E-state index < -0.39 is 16.9 Å². The van der Waals surface area contributed by atoms with Crippen LogP contribution in [0.2, 0.25) is 0 Å². The molecule has 1 atom stereocenters. The molecule has 0 bridgehead atoms. The standard InChI is InChI=1S/C32H30N4O5S2/c1-3-41-31(38)27-28(21-8-5-4-6-9-21)33-32-35(29(27)25-10-7-17-42-25)30(37)26(43-32)19-22-18-23(36(39)40)11-12-24(22)34-15-13-20(2)14-16-34/h4-12,17-20,29H,3,13-16H2,1-2H3/b26-19+/t29-/m1/s1. The molecule has 43 heavy (non-hydrogen) atoms. The Morgan fingerprint density at radius 1 is 1.14 bits per heavy atom. The highest BCUT2D eigenvalue weighted by Gasteiger charge is 2.35. The average molecular weight is 615 g/mol. The number of nitrogens with zero attached hydrogens (tertiary/aromatic N) is 4. The number of aromatic nitrogens is 1. The summed E-state index contributed by atoms with van der Waals surface area (Å²) in [5.74, 6) is 0.0872. The maximum atomic E-state index is 14.2. The third-order valence-electron chi connectivity index (χ3n) is 7.82. The lowest BCUT2D eigenvalue weighted by Crippen LogP contribution is -2.39. The van der Waals surface area contributed by atoms with Gasteiger partial charge < -0.3 is 9.64 Å². The van der Waals surface area contributed by atoms with Crippen LogP contribution in [-0.4, -0.2) is 35.2 Å². The predicted octanol–water partition coefficient (Wildman–Crippen LogP) is 5.14. The van der Waals surface area contributed by atoms with Crippen LogP contribution in [-0.2, 0) is 9.53 Å². The van der Waals surface area contributed by atoms with Crippen molar-refractivity contribution in [1.82, 2.24) is 4.57 Å². The van der Waals surface area contributed by atoms with E-state index in [1.54, 1.807) is 23.6 Å². The van der Waals surface area contributed by atoms with Gasteiger partial charge >= 0.3 is 5.97 Å². The molecule has 4 heterocycles. The van der Waals surface area contributed by atoms with E-state index in [1.807, 2.05) is 47.8 Å². The first kappa shape index (κ1) is 28.8. The Balaban J connectivity index is 1.58. The zero-order valence-corrected chi connectivity index (χ0v) is 25.4. The number of hydrogen-bond donors (Lipinski definition) is 0. The van der Waals surface area contributed by atoms with Crippen LogP contribution in [0.3, 0.4) is 0 Å². The molecule has 6 rings (SSSR count). The summed E-state index contributed by atoms with van der Waals surface area (Å²) in [6, 6.07) is 17.3. The second-order valence-corrected chi connectivity index (χ2v) is 12.6. The van der Waals surface area contributed by atoms with Crippen LogP contribution in [0.25, 0.3) is 11.8 Å². The SMILES string of the molecule is CCOC(=O)C1=C(c2ccccc2)N=c2s/c(=C/c3cc([N+](=O)[O-])ccc3N3CCC(C)CC3)c(=O)n2[C@@H]1c1cccs1. The van der Waals surface area contributed by atoms with Crippen LogP contribution in [0.15, 0.2) is 81.4 Å². The molecule has 0 N–H and O–H groups in total. The Labute approximate surface area is 255 Å². The number of nitro groups is 1. The molecule has 2 aromatic heterocycles. The summed E-state index contributed by atoms with van der Waals surface area (Å²) in [5.41, 5.74) is 2.60. The fraction of sp³-hybridized carbons (Fsp3) is 0.281. The molecule has 0 aliphatic carbocycles. The van der Waals surface area contributed by atoms with Gasteiger partial charge in [0.2, 0.25) is 0 Å². The molecular weight excluding hydrogens is 585 g/mol. The minimum Gasteiger partial charge on any atom is -0.463 e. The molecule has 1 saturated heterocycles. The number of esters is 1. The second kappa shape index (κ2) is 12.1. The van der Waals surface area contributed by atoms with E-state index in [-0.39, 0.29) is 17.9 Å². The summed E-state index contributed by atoms with van der Waals surface area (Å²) < 4.78 is 7.44. The summed E-state index contributed by atoms with van der Waals surface area (Å²) in [6.07, 6.45) is 3.78. The average Bonchev–Trinajstić information content (AvgIpc) is 3.66. The molecule has 11 heteroatoms. The maximum absolute atomic E-state index is 14.2. The zero-order chi connectivity index (χ0) is 30.1. The number of fused-ring (bicyclic) bond motifs is 1. The summed E-state index contributed by atoms with van der Waals surface area (Å²) in [5, 5.41) is 13.6. The summed E-state index contributed by atoms with van der Waals surface area (Å²) in [6.45, 7) is 5.82. The normalized spacial score (nSPS) is 17.5. The quantitative estimate of drug-likeness (QED) is 0.162. The fourth-order valence-corrected chi connectivity index (χ4v) is 7.42. The van der Waals surface area contributed by atoms with Gasteiger partial charge in [-0.3, -0.25) is 19.5 Å². The third kappa shape index (κ3) is 5.57. The van der Waals surface area contributed by atoms with Gasteiger partial charge in [0.25, 0.3) is 11.2 Å². The number of carbonyl (C=O) groups is 1. The van der Waals surface area contributed by atoms with E-state index in [1.165, 1.54) is 34.8 Å². The summed E-state index contributed by atoms with van der Waals surface area (Å²) in [4.78, 5) is 47.4. The maximum Gasteiger partial charge on any atom is 0.338 e. The second-order valence-electron chi connectivity index (χ2n) is 10.6. The Morgan fingerprint density at radius 3 is 2.58 bits per heavy atom. The van der Waals surface area contributed by atoms with E-state index in [0.717, 1.165) is 42.1 Å². The first-order chi connectivity index (χ1) is 20.9. The Hall–Kier alpha value is -4.35. The summed E-state index contributed by atoms with van der Waals surface area (Å²) >= 11 is 2.66. The van der Waals surface area contributed by atoms with Gasteiger partial charge in [-0.25, -0.2) is 9.79 Å². The van der Waals surface area contributed by atoms with Crippen LogP contribution in [0.4, 0.5) is 11.4 Å². The number of carbonyl (C=O) groups excluding carboxylic acids is 1. The van der Waals surface area contributed by atoms with Gasteiger partial charge in [0.05, 0.1) is 27.3 Å². The number of thiophene rings is 1. The number of piperidine rings is 1. The van der Waals surface area contributed by atoms with Crippen LogP contribution >= 0.6 is 22.7 Å². The number of non-ortho nitro benzene ring substituents is 1. The highest BCUT2D eigenvalue weighted by atomic mass is 32.1. The molecule has 0 saturated carbocycles. The van der Waals surface area contributed by atoms with Crippen LogP contribution in [0, 0.1) is 16.0 Å². The number of benzene rings is 2. The van der Waals surface area contributed by atoms with Crippen molar-refractivity contribution in [2.75, 3.05) is 24.6 Å². The van der Waals surface area contributed by atoms with Gasteiger partial charge in [-0.05, 0) is 49.3 Å². The molecule has 2 aliphatic heterocycles. The van der Waals surface area contributed by atoms with Crippen LogP contribution in [0.1, 0.15) is 48.7 Å². The van der Waals surface area contributed by atoms with Crippen LogP contribution < -0.4 is 19.8 Å². The largest absolute Gasteiger partial charge is 0.463 e. The van der Waals surface area contributed by atoms with Crippen molar-refractivity contribution >= 4 is 51.8 Å². The van der Waals surface area contributed by atoms with Crippen molar-refractivity contribution in [2.45, 2.75) is 32.7 Å². The lowest BCUT2D eigenvalue weighted by atomic mass is 9.97. The first-order valence-electron chi connectivity index (χ1n) is 14.2. The number of ether oxygens (including phenoxy) is 1. The molecule has 0 amide bonds. The van der Waals surface area contributed by atoms with Crippen molar-refractivity contribution < 1.29 is 14.5 Å². The molecule has 2 aromatic carbocycles. The molecule has 1 fully saturated rings. The first-order valence-corrected chi connectivity index (χ1v) is 15.9. The number of thiazole rings is 1. The van der Waals surface area contributed by atoms with Crippen molar-refractivity contribution in [3.63, 3.8) is 0 Å². The molecule has 0 unspecified atom stereocenters. The van der Waals surface area contributed by atoms with Crippen molar-refractivity contribution in [1.29, 1.82) is 0 Å². The predicted molar refractivity (Wildman–Crippen MR) is 169 cm³/mol. The number of hydrogen-bond acceptors (Lipinski definition) is 9. The van der Waals surface area contributed by atoms with E-state index in [9.17, 15) is 19.7 Å². The third-order valence-corrected chi connectivity index (χ3v) is 9.73. The molecule has 0 spiro atoms. The Bertz CT molecular complexity index is 1890. The van der Waals surface area contributed by atoms with Gasteiger partial charge in [0.1, 0.15) is 6.04 Å².